The van der Waals surface area contributed by atoms with Gasteiger partial charge in [0.05, 0.1) is 18.4 Å². The zero-order valence-corrected chi connectivity index (χ0v) is 11.3. The van der Waals surface area contributed by atoms with Crippen molar-refractivity contribution < 1.29 is 18.7 Å². The first-order valence-electron chi connectivity index (χ1n) is 6.26. The lowest BCUT2D eigenvalue weighted by molar-refractivity contribution is -0.117. The first-order valence-corrected chi connectivity index (χ1v) is 6.26. The lowest BCUT2D eigenvalue weighted by Crippen LogP contribution is -2.26. The van der Waals surface area contributed by atoms with Crippen LogP contribution in [0.25, 0.3) is 10.4 Å². The lowest BCUT2D eigenvalue weighted by atomic mass is 10.1. The van der Waals surface area contributed by atoms with E-state index in [1.54, 1.807) is 0 Å². The third-order valence-electron chi connectivity index (χ3n) is 3.28. The number of ether oxygens (including phenoxy) is 1. The summed E-state index contributed by atoms with van der Waals surface area (Å²) in [6.45, 7) is 0.427. The Morgan fingerprint density at radius 2 is 2.38 bits per heavy atom. The molecule has 1 unspecified atom stereocenters. The second kappa shape index (κ2) is 6.23. The van der Waals surface area contributed by atoms with E-state index in [0.29, 0.717) is 0 Å². The summed E-state index contributed by atoms with van der Waals surface area (Å²) in [5.41, 5.74) is 8.11. The number of benzene rings is 1. The maximum absolute atomic E-state index is 14.3. The molecular formula is C13H13FN4O3. The predicted molar refractivity (Wildman–Crippen MR) is 72.2 cm³/mol. The maximum Gasteiger partial charge on any atom is 0.340 e. The van der Waals surface area contributed by atoms with Crippen LogP contribution in [0.4, 0.5) is 10.1 Å². The number of anilines is 1. The first-order chi connectivity index (χ1) is 10.1. The van der Waals surface area contributed by atoms with Crippen LogP contribution in [0.15, 0.2) is 23.3 Å². The number of halogens is 1. The number of rotatable bonds is 4. The van der Waals surface area contributed by atoms with Gasteiger partial charge in [0.25, 0.3) is 0 Å². The number of methoxy groups -OCH3 is 1. The minimum absolute atomic E-state index is 0.0336. The van der Waals surface area contributed by atoms with E-state index in [-0.39, 0.29) is 42.6 Å². The Morgan fingerprint density at radius 3 is 3.05 bits per heavy atom. The second-order valence-electron chi connectivity index (χ2n) is 4.62. The van der Waals surface area contributed by atoms with E-state index < -0.39 is 11.8 Å². The fourth-order valence-corrected chi connectivity index (χ4v) is 2.28. The van der Waals surface area contributed by atoms with Gasteiger partial charge in [-0.25, -0.2) is 9.18 Å². The molecular weight excluding hydrogens is 279 g/mol. The molecule has 8 heteroatoms. The van der Waals surface area contributed by atoms with Crippen molar-refractivity contribution in [2.24, 2.45) is 11.0 Å². The maximum atomic E-state index is 14.3. The number of carbonyl (C=O) groups excluding carboxylic acids is 2. The number of nitrogens with zero attached hydrogens (tertiary/aromatic N) is 4. The molecule has 7 nitrogen and oxygen atoms in total. The van der Waals surface area contributed by atoms with Crippen LogP contribution in [-0.2, 0) is 9.53 Å². The van der Waals surface area contributed by atoms with Gasteiger partial charge in [0.15, 0.2) is 5.82 Å². The molecule has 110 valence electrons. The summed E-state index contributed by atoms with van der Waals surface area (Å²) in [5.74, 6) is -2.02. The van der Waals surface area contributed by atoms with Gasteiger partial charge in [-0.2, -0.15) is 0 Å². The van der Waals surface area contributed by atoms with Crippen LogP contribution in [0.1, 0.15) is 16.8 Å². The molecule has 1 fully saturated rings. The molecule has 2 rings (SSSR count). The molecule has 21 heavy (non-hydrogen) atoms. The molecule has 1 heterocycles. The smallest absolute Gasteiger partial charge is 0.340 e. The quantitative estimate of drug-likeness (QED) is 0.368. The van der Waals surface area contributed by atoms with Gasteiger partial charge in [-0.1, -0.05) is 11.2 Å². The molecule has 0 saturated carbocycles. The highest BCUT2D eigenvalue weighted by atomic mass is 19.1. The molecule has 0 spiro atoms. The van der Waals surface area contributed by atoms with E-state index >= 15 is 0 Å². The number of azide groups is 1. The third-order valence-corrected chi connectivity index (χ3v) is 3.28. The minimum atomic E-state index is -0.799. The number of amides is 1. The van der Waals surface area contributed by atoms with E-state index in [9.17, 15) is 14.0 Å². The van der Waals surface area contributed by atoms with Crippen LogP contribution in [0.3, 0.4) is 0 Å². The van der Waals surface area contributed by atoms with Gasteiger partial charge in [-0.15, -0.1) is 0 Å². The minimum Gasteiger partial charge on any atom is -0.465 e. The third kappa shape index (κ3) is 2.95. The van der Waals surface area contributed by atoms with Crippen molar-refractivity contribution in [3.63, 3.8) is 0 Å². The monoisotopic (exact) mass is 292 g/mol. The number of carbonyl (C=O) groups is 2. The van der Waals surface area contributed by atoms with Gasteiger partial charge in [0.1, 0.15) is 0 Å². The Hall–Kier alpha value is -2.60. The van der Waals surface area contributed by atoms with Gasteiger partial charge in [-0.05, 0) is 23.6 Å². The average molecular weight is 292 g/mol. The largest absolute Gasteiger partial charge is 0.465 e. The molecule has 0 radical (unpaired) electrons. The number of hydrogen-bond donors (Lipinski definition) is 0. The molecule has 1 saturated heterocycles. The van der Waals surface area contributed by atoms with E-state index in [4.69, 9.17) is 5.53 Å². The van der Waals surface area contributed by atoms with Crippen LogP contribution in [-0.4, -0.2) is 32.1 Å². The van der Waals surface area contributed by atoms with Gasteiger partial charge in [-0.3, -0.25) is 4.79 Å². The highest BCUT2D eigenvalue weighted by Gasteiger charge is 2.32. The highest BCUT2D eigenvalue weighted by Crippen LogP contribution is 2.29. The Kier molecular flexibility index (Phi) is 4.39. The summed E-state index contributed by atoms with van der Waals surface area (Å²) in [4.78, 5) is 27.3. The fourth-order valence-electron chi connectivity index (χ4n) is 2.28. The standard InChI is InChI=1S/C13H13FN4O3/c1-21-13(20)9-3-2-4-10(12(9)14)18-7-8(5-11(18)19)6-16-17-15/h2-4,8H,5-7H2,1H3. The van der Waals surface area contributed by atoms with Gasteiger partial charge >= 0.3 is 5.97 Å². The Labute approximate surface area is 119 Å². The van der Waals surface area contributed by atoms with Crippen molar-refractivity contribution in [3.8, 4) is 0 Å². The SMILES string of the molecule is COC(=O)c1cccc(N2CC(CN=[N+]=[N-])CC2=O)c1F. The second-order valence-corrected chi connectivity index (χ2v) is 4.62. The van der Waals surface area contributed by atoms with Gasteiger partial charge in [0.2, 0.25) is 5.91 Å². The fraction of sp³-hybridized carbons (Fsp3) is 0.385. The molecule has 1 amide bonds. The molecule has 0 aromatic heterocycles. The van der Waals surface area contributed by atoms with Crippen LogP contribution >= 0.6 is 0 Å². The van der Waals surface area contributed by atoms with Gasteiger partial charge in [0, 0.05) is 24.4 Å². The van der Waals surface area contributed by atoms with E-state index in [0.717, 1.165) is 7.11 Å². The van der Waals surface area contributed by atoms with Crippen LogP contribution in [0.5, 0.6) is 0 Å². The van der Waals surface area contributed by atoms with Crippen LogP contribution < -0.4 is 4.90 Å². The lowest BCUT2D eigenvalue weighted by Gasteiger charge is -2.18. The number of esters is 1. The molecule has 0 bridgehead atoms. The van der Waals surface area contributed by atoms with Crippen molar-refractivity contribution in [1.29, 1.82) is 0 Å². The van der Waals surface area contributed by atoms with Crippen molar-refractivity contribution in [3.05, 3.63) is 40.0 Å². The summed E-state index contributed by atoms with van der Waals surface area (Å²) in [6.07, 6.45) is 0.181. The topological polar surface area (TPSA) is 95.4 Å². The van der Waals surface area contributed by atoms with E-state index in [2.05, 4.69) is 14.8 Å². The number of hydrogen-bond acceptors (Lipinski definition) is 4. The Balaban J connectivity index is 2.28. The molecule has 0 aliphatic carbocycles. The zero-order chi connectivity index (χ0) is 15.4. The summed E-state index contributed by atoms with van der Waals surface area (Å²) in [5, 5.41) is 3.43. The summed E-state index contributed by atoms with van der Waals surface area (Å²) in [7, 11) is 1.16. The van der Waals surface area contributed by atoms with Crippen molar-refractivity contribution in [1.82, 2.24) is 0 Å². The summed E-state index contributed by atoms with van der Waals surface area (Å²) < 4.78 is 18.8. The van der Waals surface area contributed by atoms with Gasteiger partial charge < -0.3 is 9.64 Å². The first kappa shape index (κ1) is 14.8. The van der Waals surface area contributed by atoms with E-state index in [1.165, 1.54) is 23.1 Å². The Bertz CT molecular complexity index is 628. The zero-order valence-electron chi connectivity index (χ0n) is 11.3. The predicted octanol–water partition coefficient (Wildman–Crippen LogP) is 2.28. The molecule has 1 aliphatic rings. The Morgan fingerprint density at radius 1 is 1.62 bits per heavy atom. The van der Waals surface area contributed by atoms with Crippen molar-refractivity contribution in [2.75, 3.05) is 25.1 Å². The normalized spacial score (nSPS) is 17.5. The van der Waals surface area contributed by atoms with Crippen molar-refractivity contribution >= 4 is 17.6 Å². The molecule has 1 atom stereocenters. The van der Waals surface area contributed by atoms with Crippen LogP contribution in [0.2, 0.25) is 0 Å². The van der Waals surface area contributed by atoms with Crippen molar-refractivity contribution in [2.45, 2.75) is 6.42 Å². The van der Waals surface area contributed by atoms with Crippen LogP contribution in [0, 0.1) is 11.7 Å². The summed E-state index contributed by atoms with van der Waals surface area (Å²) in [6, 6.07) is 4.21. The molecule has 1 aromatic carbocycles. The molecule has 0 N–H and O–H groups in total. The molecule has 1 aliphatic heterocycles. The molecule has 1 aromatic rings. The van der Waals surface area contributed by atoms with E-state index in [1.807, 2.05) is 0 Å². The average Bonchev–Trinajstić information content (AvgIpc) is 2.85. The highest BCUT2D eigenvalue weighted by molar-refractivity contribution is 5.98. The summed E-state index contributed by atoms with van der Waals surface area (Å²) >= 11 is 0.